The van der Waals surface area contributed by atoms with Crippen molar-refractivity contribution >= 4 is 27.3 Å². The van der Waals surface area contributed by atoms with E-state index in [2.05, 4.69) is 16.3 Å². The third-order valence-electron chi connectivity index (χ3n) is 5.03. The Morgan fingerprint density at radius 1 is 1.28 bits per heavy atom. The number of hydrogen-bond acceptors (Lipinski definition) is 4. The smallest absolute Gasteiger partial charge is 0.261 e. The number of halogens is 1. The molecule has 4 rings (SSSR count). The summed E-state index contributed by atoms with van der Waals surface area (Å²) >= 11 is 1.51. The summed E-state index contributed by atoms with van der Waals surface area (Å²) < 4.78 is 20.8. The van der Waals surface area contributed by atoms with E-state index in [1.165, 1.54) is 17.4 Å². The fraction of sp³-hybridized carbons (Fsp3) is 0.348. The zero-order chi connectivity index (χ0) is 20.4. The predicted molar refractivity (Wildman–Crippen MR) is 115 cm³/mol. The summed E-state index contributed by atoms with van der Waals surface area (Å²) in [4.78, 5) is 15.9. The molecule has 1 amide bonds. The first-order chi connectivity index (χ1) is 14.0. The summed E-state index contributed by atoms with van der Waals surface area (Å²) in [5, 5.41) is 4.09. The van der Waals surface area contributed by atoms with Crippen molar-refractivity contribution < 1.29 is 13.9 Å². The molecule has 29 heavy (non-hydrogen) atoms. The third-order valence-corrected chi connectivity index (χ3v) is 6.21. The number of thiophene rings is 1. The molecule has 1 fully saturated rings. The summed E-state index contributed by atoms with van der Waals surface area (Å²) in [6.07, 6.45) is -0.193. The van der Waals surface area contributed by atoms with E-state index in [0.29, 0.717) is 19.7 Å². The molecule has 1 aliphatic rings. The van der Waals surface area contributed by atoms with Gasteiger partial charge in [-0.1, -0.05) is 30.3 Å². The van der Waals surface area contributed by atoms with Crippen LogP contribution in [0.5, 0.6) is 0 Å². The van der Waals surface area contributed by atoms with Crippen LogP contribution in [0.4, 0.5) is 4.39 Å². The molecule has 152 valence electrons. The second kappa shape index (κ2) is 8.61. The Hall–Kier alpha value is -2.28. The fourth-order valence-corrected chi connectivity index (χ4v) is 4.95. The maximum atomic E-state index is 13.6. The van der Waals surface area contributed by atoms with Crippen LogP contribution in [-0.4, -0.2) is 36.5 Å². The highest BCUT2D eigenvalue weighted by Gasteiger charge is 2.30. The molecule has 0 unspecified atom stereocenters. The van der Waals surface area contributed by atoms with Crippen LogP contribution in [0.15, 0.2) is 48.5 Å². The normalized spacial score (nSPS) is 17.7. The van der Waals surface area contributed by atoms with Gasteiger partial charge in [0.1, 0.15) is 5.82 Å². The van der Waals surface area contributed by atoms with Crippen molar-refractivity contribution in [3.05, 3.63) is 70.4 Å². The Labute approximate surface area is 174 Å². The minimum Gasteiger partial charge on any atom is -0.371 e. The van der Waals surface area contributed by atoms with Crippen molar-refractivity contribution in [3.63, 3.8) is 0 Å². The summed E-state index contributed by atoms with van der Waals surface area (Å²) in [7, 11) is 0. The zero-order valence-electron chi connectivity index (χ0n) is 16.7. The number of amides is 1. The molecule has 1 aromatic heterocycles. The Morgan fingerprint density at radius 3 is 2.90 bits per heavy atom. The van der Waals surface area contributed by atoms with Crippen molar-refractivity contribution in [1.29, 1.82) is 0 Å². The maximum Gasteiger partial charge on any atom is 0.261 e. The van der Waals surface area contributed by atoms with Gasteiger partial charge in [-0.25, -0.2) is 4.39 Å². The van der Waals surface area contributed by atoms with E-state index in [0.717, 1.165) is 32.6 Å². The van der Waals surface area contributed by atoms with Crippen molar-refractivity contribution in [2.75, 3.05) is 19.7 Å². The van der Waals surface area contributed by atoms with Crippen LogP contribution in [0.1, 0.15) is 40.8 Å². The molecular weight excluding hydrogens is 387 g/mol. The first kappa shape index (κ1) is 20.0. The van der Waals surface area contributed by atoms with Gasteiger partial charge in [0.25, 0.3) is 5.91 Å². The van der Waals surface area contributed by atoms with Crippen LogP contribution < -0.4 is 5.32 Å². The molecule has 1 atom stereocenters. The number of benzene rings is 2. The molecule has 4 nitrogen and oxygen atoms in total. The molecule has 1 N–H and O–H groups in total. The van der Waals surface area contributed by atoms with Gasteiger partial charge in [0.15, 0.2) is 0 Å². The number of ether oxygens (including phenoxy) is 1. The van der Waals surface area contributed by atoms with Crippen LogP contribution in [0, 0.1) is 5.82 Å². The molecule has 3 aromatic rings. The number of nitrogens with one attached hydrogen (secondary N) is 1. The van der Waals surface area contributed by atoms with Crippen LogP contribution in [-0.2, 0) is 11.3 Å². The second-order valence-electron chi connectivity index (χ2n) is 7.69. The van der Waals surface area contributed by atoms with E-state index in [1.54, 1.807) is 12.1 Å². The lowest BCUT2D eigenvalue weighted by Crippen LogP contribution is -2.38. The van der Waals surface area contributed by atoms with Crippen molar-refractivity contribution in [2.24, 2.45) is 0 Å². The average Bonchev–Trinajstić information content (AvgIpc) is 3.07. The summed E-state index contributed by atoms with van der Waals surface area (Å²) in [6.45, 7) is 6.61. The SMILES string of the molecule is CC(C)NC(=O)c1sc2ccccc2c1[C@@H]1CN(Cc2cccc(F)c2)CCO1. The van der Waals surface area contributed by atoms with Crippen LogP contribution >= 0.6 is 11.3 Å². The van der Waals surface area contributed by atoms with Gasteiger partial charge in [0, 0.05) is 35.9 Å². The van der Waals surface area contributed by atoms with Gasteiger partial charge in [-0.05, 0) is 43.0 Å². The standard InChI is InChI=1S/C23H25FN2O2S/c1-15(2)25-23(27)22-21(18-8-3-4-9-20(18)29-22)19-14-26(10-11-28-19)13-16-6-5-7-17(24)12-16/h3-9,12,15,19H,10-11,13-14H2,1-2H3,(H,25,27)/t19-/m0/s1. The number of carbonyl (C=O) groups excluding carboxylic acids is 1. The van der Waals surface area contributed by atoms with E-state index >= 15 is 0 Å². The van der Waals surface area contributed by atoms with E-state index in [-0.39, 0.29) is 23.9 Å². The maximum absolute atomic E-state index is 13.6. The summed E-state index contributed by atoms with van der Waals surface area (Å²) in [5.74, 6) is -0.272. The number of nitrogens with zero attached hydrogens (tertiary/aromatic N) is 1. The number of morpholine rings is 1. The first-order valence-electron chi connectivity index (χ1n) is 9.92. The lowest BCUT2D eigenvalue weighted by atomic mass is 10.0. The molecule has 0 radical (unpaired) electrons. The molecule has 2 aromatic carbocycles. The van der Waals surface area contributed by atoms with Gasteiger partial charge < -0.3 is 10.1 Å². The fourth-order valence-electron chi connectivity index (χ4n) is 3.80. The number of carbonyl (C=O) groups is 1. The number of hydrogen-bond donors (Lipinski definition) is 1. The molecule has 6 heteroatoms. The van der Waals surface area contributed by atoms with Gasteiger partial charge in [-0.3, -0.25) is 9.69 Å². The molecule has 1 saturated heterocycles. The Kier molecular flexibility index (Phi) is 5.94. The van der Waals surface area contributed by atoms with Gasteiger partial charge in [-0.15, -0.1) is 11.3 Å². The van der Waals surface area contributed by atoms with Gasteiger partial charge in [0.05, 0.1) is 17.6 Å². The lowest BCUT2D eigenvalue weighted by molar-refractivity contribution is -0.0323. The Balaban J connectivity index is 1.63. The van der Waals surface area contributed by atoms with E-state index in [1.807, 2.05) is 38.1 Å². The van der Waals surface area contributed by atoms with Gasteiger partial charge >= 0.3 is 0 Å². The number of fused-ring (bicyclic) bond motifs is 1. The van der Waals surface area contributed by atoms with Crippen LogP contribution in [0.2, 0.25) is 0 Å². The highest BCUT2D eigenvalue weighted by molar-refractivity contribution is 7.21. The minimum atomic E-state index is -0.219. The lowest BCUT2D eigenvalue weighted by Gasteiger charge is -2.33. The molecule has 0 saturated carbocycles. The quantitative estimate of drug-likeness (QED) is 0.657. The topological polar surface area (TPSA) is 41.6 Å². The van der Waals surface area contributed by atoms with Crippen LogP contribution in [0.3, 0.4) is 0 Å². The first-order valence-corrected chi connectivity index (χ1v) is 10.7. The van der Waals surface area contributed by atoms with Gasteiger partial charge in [0.2, 0.25) is 0 Å². The molecule has 1 aliphatic heterocycles. The van der Waals surface area contributed by atoms with Crippen molar-refractivity contribution in [1.82, 2.24) is 10.2 Å². The highest BCUT2D eigenvalue weighted by Crippen LogP contribution is 2.38. The van der Waals surface area contributed by atoms with Gasteiger partial charge in [-0.2, -0.15) is 0 Å². The predicted octanol–water partition coefficient (Wildman–Crippen LogP) is 4.75. The average molecular weight is 413 g/mol. The molecule has 0 aliphatic carbocycles. The van der Waals surface area contributed by atoms with Crippen molar-refractivity contribution in [3.8, 4) is 0 Å². The molecule has 0 bridgehead atoms. The highest BCUT2D eigenvalue weighted by atomic mass is 32.1. The van der Waals surface area contributed by atoms with E-state index < -0.39 is 0 Å². The summed E-state index contributed by atoms with van der Waals surface area (Å²) in [5.41, 5.74) is 1.91. The zero-order valence-corrected chi connectivity index (χ0v) is 17.5. The minimum absolute atomic E-state index is 0.0537. The second-order valence-corrected chi connectivity index (χ2v) is 8.75. The molecular formula is C23H25FN2O2S. The molecule has 2 heterocycles. The van der Waals surface area contributed by atoms with Crippen molar-refractivity contribution in [2.45, 2.75) is 32.5 Å². The third kappa shape index (κ3) is 4.50. The number of rotatable bonds is 5. The van der Waals surface area contributed by atoms with E-state index in [4.69, 9.17) is 4.74 Å². The molecule has 0 spiro atoms. The Morgan fingerprint density at radius 2 is 2.10 bits per heavy atom. The monoisotopic (exact) mass is 412 g/mol. The van der Waals surface area contributed by atoms with Crippen LogP contribution in [0.25, 0.3) is 10.1 Å². The largest absolute Gasteiger partial charge is 0.371 e. The summed E-state index contributed by atoms with van der Waals surface area (Å²) in [6, 6.07) is 14.9. The van der Waals surface area contributed by atoms with E-state index in [9.17, 15) is 9.18 Å². The Bertz CT molecular complexity index is 1020.